The summed E-state index contributed by atoms with van der Waals surface area (Å²) in [7, 11) is 0. The topological polar surface area (TPSA) is 28.2 Å². The molecule has 0 aliphatic carbocycles. The highest BCUT2D eigenvalue weighted by Gasteiger charge is 2.12. The van der Waals surface area contributed by atoms with E-state index in [0.717, 1.165) is 36.9 Å². The number of rotatable bonds is 10. The molecule has 3 heteroatoms. The second-order valence-electron chi connectivity index (χ2n) is 8.73. The summed E-state index contributed by atoms with van der Waals surface area (Å²) in [5, 5.41) is 3.48. The Morgan fingerprint density at radius 1 is 1.10 bits per heavy atom. The van der Waals surface area contributed by atoms with Crippen molar-refractivity contribution in [1.82, 2.24) is 15.2 Å². The molecule has 1 N–H and O–H groups in total. The van der Waals surface area contributed by atoms with Gasteiger partial charge in [0.2, 0.25) is 0 Å². The third-order valence-electron chi connectivity index (χ3n) is 5.61. The summed E-state index contributed by atoms with van der Waals surface area (Å²) in [5.41, 5.74) is 5.81. The number of nitrogens with zero attached hydrogens (tertiary/aromatic N) is 2. The Labute approximate surface area is 182 Å². The molecular weight excluding hydrogens is 366 g/mol. The molecule has 2 heterocycles. The number of likely N-dealkylation sites (tertiary alicyclic amines) is 1. The van der Waals surface area contributed by atoms with Crippen LogP contribution in [0.2, 0.25) is 0 Å². The molecule has 0 unspecified atom stereocenters. The van der Waals surface area contributed by atoms with E-state index in [4.69, 9.17) is 4.98 Å². The highest BCUT2D eigenvalue weighted by Crippen LogP contribution is 2.23. The van der Waals surface area contributed by atoms with E-state index in [0.29, 0.717) is 0 Å². The predicted octanol–water partition coefficient (Wildman–Crippen LogP) is 5.57. The molecule has 1 fully saturated rings. The average molecular weight is 404 g/mol. The Hall–Kier alpha value is -2.23. The zero-order valence-corrected chi connectivity index (χ0v) is 18.9. The monoisotopic (exact) mass is 403 g/mol. The molecule has 1 aliphatic rings. The molecule has 1 aliphatic heterocycles. The molecule has 30 heavy (non-hydrogen) atoms. The number of hydrogen-bond acceptors (Lipinski definition) is 3. The quantitative estimate of drug-likeness (QED) is 0.526. The number of benzene rings is 1. The molecule has 1 saturated heterocycles. The van der Waals surface area contributed by atoms with E-state index in [1.54, 1.807) is 0 Å². The Morgan fingerprint density at radius 3 is 2.60 bits per heavy atom. The number of nitrogens with one attached hydrogen (secondary N) is 1. The summed E-state index contributed by atoms with van der Waals surface area (Å²) in [6.45, 7) is 12.0. The van der Waals surface area contributed by atoms with E-state index >= 15 is 0 Å². The third-order valence-corrected chi connectivity index (χ3v) is 5.61. The first-order valence-electron chi connectivity index (χ1n) is 11.5. The SMILES string of the molecule is Cc1ccc(C(=CCN2CCCC2)c2cccc(C=CCNCCC(C)C)n2)cc1. The van der Waals surface area contributed by atoms with Gasteiger partial charge in [-0.1, -0.05) is 61.9 Å². The second-order valence-corrected chi connectivity index (χ2v) is 8.73. The van der Waals surface area contributed by atoms with Crippen molar-refractivity contribution < 1.29 is 0 Å². The first kappa shape index (κ1) is 22.5. The van der Waals surface area contributed by atoms with Crippen LogP contribution in [0.4, 0.5) is 0 Å². The van der Waals surface area contributed by atoms with Gasteiger partial charge in [-0.15, -0.1) is 0 Å². The Morgan fingerprint density at radius 2 is 1.87 bits per heavy atom. The van der Waals surface area contributed by atoms with Crippen molar-refractivity contribution in [2.24, 2.45) is 5.92 Å². The maximum atomic E-state index is 4.96. The van der Waals surface area contributed by atoms with Gasteiger partial charge in [0.15, 0.2) is 0 Å². The summed E-state index contributed by atoms with van der Waals surface area (Å²) >= 11 is 0. The van der Waals surface area contributed by atoms with E-state index in [1.165, 1.54) is 49.1 Å². The third kappa shape index (κ3) is 7.23. The summed E-state index contributed by atoms with van der Waals surface area (Å²) in [5.74, 6) is 0.743. The lowest BCUT2D eigenvalue weighted by Crippen LogP contribution is -2.19. The van der Waals surface area contributed by atoms with E-state index in [1.807, 2.05) is 0 Å². The molecule has 0 atom stereocenters. The largest absolute Gasteiger partial charge is 0.313 e. The minimum atomic E-state index is 0.743. The molecule has 1 aromatic carbocycles. The van der Waals surface area contributed by atoms with Crippen molar-refractivity contribution in [3.63, 3.8) is 0 Å². The van der Waals surface area contributed by atoms with Crippen LogP contribution in [-0.2, 0) is 0 Å². The summed E-state index contributed by atoms with van der Waals surface area (Å²) < 4.78 is 0. The van der Waals surface area contributed by atoms with Crippen LogP contribution in [0.3, 0.4) is 0 Å². The molecule has 0 spiro atoms. The van der Waals surface area contributed by atoms with Crippen LogP contribution in [0.5, 0.6) is 0 Å². The van der Waals surface area contributed by atoms with E-state index in [9.17, 15) is 0 Å². The maximum absolute atomic E-state index is 4.96. The van der Waals surface area contributed by atoms with Gasteiger partial charge >= 0.3 is 0 Å². The lowest BCUT2D eigenvalue weighted by atomic mass is 10.00. The van der Waals surface area contributed by atoms with Crippen LogP contribution < -0.4 is 5.32 Å². The first-order valence-corrected chi connectivity index (χ1v) is 11.5. The zero-order valence-electron chi connectivity index (χ0n) is 18.9. The Bertz CT molecular complexity index is 827. The van der Waals surface area contributed by atoms with Crippen LogP contribution in [0.25, 0.3) is 11.6 Å². The molecule has 3 nitrogen and oxygen atoms in total. The molecule has 0 saturated carbocycles. The Kier molecular flexibility index (Phi) is 8.85. The van der Waals surface area contributed by atoms with Crippen LogP contribution in [0, 0.1) is 12.8 Å². The van der Waals surface area contributed by atoms with Gasteiger partial charge < -0.3 is 5.32 Å². The van der Waals surface area contributed by atoms with Gasteiger partial charge in [0.1, 0.15) is 0 Å². The van der Waals surface area contributed by atoms with Crippen LogP contribution in [0.1, 0.15) is 55.6 Å². The smallest absolute Gasteiger partial charge is 0.0712 e. The van der Waals surface area contributed by atoms with Gasteiger partial charge in [-0.25, -0.2) is 4.98 Å². The van der Waals surface area contributed by atoms with Crippen molar-refractivity contribution in [1.29, 1.82) is 0 Å². The lowest BCUT2D eigenvalue weighted by Gasteiger charge is -2.14. The highest BCUT2D eigenvalue weighted by molar-refractivity contribution is 5.78. The summed E-state index contributed by atoms with van der Waals surface area (Å²) in [4.78, 5) is 7.49. The molecule has 3 rings (SSSR count). The van der Waals surface area contributed by atoms with Crippen molar-refractivity contribution in [2.45, 2.75) is 40.0 Å². The van der Waals surface area contributed by atoms with Crippen LogP contribution >= 0.6 is 0 Å². The van der Waals surface area contributed by atoms with Gasteiger partial charge in [0.05, 0.1) is 11.4 Å². The fourth-order valence-electron chi connectivity index (χ4n) is 3.74. The van der Waals surface area contributed by atoms with Crippen LogP contribution in [0.15, 0.2) is 54.6 Å². The van der Waals surface area contributed by atoms with Gasteiger partial charge in [-0.2, -0.15) is 0 Å². The average Bonchev–Trinajstić information content (AvgIpc) is 3.26. The summed E-state index contributed by atoms with van der Waals surface area (Å²) in [6, 6.07) is 15.1. The maximum Gasteiger partial charge on any atom is 0.0712 e. The minimum absolute atomic E-state index is 0.743. The normalized spacial score (nSPS) is 15.5. The predicted molar refractivity (Wildman–Crippen MR) is 130 cm³/mol. The number of aromatic nitrogens is 1. The molecule has 0 amide bonds. The highest BCUT2D eigenvalue weighted by atomic mass is 15.1. The molecule has 0 bridgehead atoms. The zero-order chi connectivity index (χ0) is 21.2. The molecular formula is C27H37N3. The molecule has 0 radical (unpaired) electrons. The van der Waals surface area contributed by atoms with E-state index in [2.05, 4.69) is 91.7 Å². The van der Waals surface area contributed by atoms with Gasteiger partial charge in [-0.3, -0.25) is 4.90 Å². The van der Waals surface area contributed by atoms with Gasteiger partial charge in [-0.05, 0) is 75.5 Å². The lowest BCUT2D eigenvalue weighted by molar-refractivity contribution is 0.377. The number of aryl methyl sites for hydroxylation is 1. The fourth-order valence-corrected chi connectivity index (χ4v) is 3.74. The fraction of sp³-hybridized carbons (Fsp3) is 0.444. The van der Waals surface area contributed by atoms with Crippen molar-refractivity contribution >= 4 is 11.6 Å². The molecule has 1 aromatic heterocycles. The standard InChI is InChI=1S/C27H37N3/c1-22(2)15-18-28-17-7-9-25-8-6-10-27(29-25)26(16-21-30-19-4-5-20-30)24-13-11-23(3)12-14-24/h6-14,16,22,28H,4-5,15,17-21H2,1-3H3. The van der Waals surface area contributed by atoms with Crippen molar-refractivity contribution in [2.75, 3.05) is 32.7 Å². The second kappa shape index (κ2) is 11.8. The summed E-state index contributed by atoms with van der Waals surface area (Å²) in [6.07, 6.45) is 10.5. The molecule has 2 aromatic rings. The molecule has 160 valence electrons. The number of hydrogen-bond donors (Lipinski definition) is 1. The van der Waals surface area contributed by atoms with E-state index in [-0.39, 0.29) is 0 Å². The van der Waals surface area contributed by atoms with E-state index < -0.39 is 0 Å². The van der Waals surface area contributed by atoms with Gasteiger partial charge in [0, 0.05) is 18.7 Å². The first-order chi connectivity index (χ1) is 14.6. The Balaban J connectivity index is 1.73. The van der Waals surface area contributed by atoms with Crippen LogP contribution in [-0.4, -0.2) is 42.6 Å². The minimum Gasteiger partial charge on any atom is -0.313 e. The number of pyridine rings is 1. The van der Waals surface area contributed by atoms with Crippen molar-refractivity contribution in [3.05, 3.63) is 77.1 Å². The van der Waals surface area contributed by atoms with Crippen molar-refractivity contribution in [3.8, 4) is 0 Å². The van der Waals surface area contributed by atoms with Gasteiger partial charge in [0.25, 0.3) is 0 Å².